The number of benzene rings is 1. The number of rotatable bonds is 7. The zero-order chi connectivity index (χ0) is 16.9. The van der Waals surface area contributed by atoms with Gasteiger partial charge in [0.05, 0.1) is 30.0 Å². The molecule has 0 aliphatic carbocycles. The molecule has 1 aliphatic heterocycles. The van der Waals surface area contributed by atoms with Crippen molar-refractivity contribution in [2.24, 2.45) is 0 Å². The first-order valence-electron chi connectivity index (χ1n) is 7.52. The molecule has 0 spiro atoms. The van der Waals surface area contributed by atoms with Crippen molar-refractivity contribution in [1.29, 1.82) is 5.26 Å². The lowest BCUT2D eigenvalue weighted by Crippen LogP contribution is -2.30. The first-order chi connectivity index (χ1) is 11.0. The molecule has 0 unspecified atom stereocenters. The second kappa shape index (κ2) is 7.75. The Morgan fingerprint density at radius 3 is 2.91 bits per heavy atom. The normalized spacial score (nSPS) is 18.1. The van der Waals surface area contributed by atoms with Crippen LogP contribution in [0.25, 0.3) is 0 Å². The van der Waals surface area contributed by atoms with E-state index < -0.39 is 16.1 Å². The fourth-order valence-electron chi connectivity index (χ4n) is 2.49. The molecule has 0 amide bonds. The Kier molecular flexibility index (Phi) is 5.96. The molecular formula is C15H21N3O4S. The average molecular weight is 339 g/mol. The highest BCUT2D eigenvalue weighted by atomic mass is 32.2. The number of nitriles is 1. The topological polar surface area (TPSA) is 103 Å². The van der Waals surface area contributed by atoms with Gasteiger partial charge >= 0.3 is 0 Å². The van der Waals surface area contributed by atoms with Gasteiger partial charge < -0.3 is 14.7 Å². The van der Waals surface area contributed by atoms with E-state index in [1.54, 1.807) is 11.0 Å². The van der Waals surface area contributed by atoms with E-state index in [0.29, 0.717) is 44.0 Å². The van der Waals surface area contributed by atoms with Crippen LogP contribution in [0.5, 0.6) is 0 Å². The summed E-state index contributed by atoms with van der Waals surface area (Å²) in [6.45, 7) is 3.75. The van der Waals surface area contributed by atoms with Crippen LogP contribution in [0.3, 0.4) is 0 Å². The standard InChI is InChI=1S/C15H21N3O4S/c1-2-22-8-6-17-23(20,21)15-4-3-12(10-16)9-14(15)18-7-5-13(19)11-18/h3-4,9,13,17,19H,2,5-8,11H2,1H3/t13-/m0/s1. The van der Waals surface area contributed by atoms with Gasteiger partial charge in [0, 0.05) is 26.2 Å². The van der Waals surface area contributed by atoms with Gasteiger partial charge in [-0.05, 0) is 31.5 Å². The number of hydrogen-bond donors (Lipinski definition) is 2. The Hall–Kier alpha value is -1.66. The molecule has 1 aliphatic rings. The fourth-order valence-corrected chi connectivity index (χ4v) is 3.71. The summed E-state index contributed by atoms with van der Waals surface area (Å²) in [7, 11) is -3.71. The van der Waals surface area contributed by atoms with E-state index in [1.165, 1.54) is 12.1 Å². The third kappa shape index (κ3) is 4.42. The van der Waals surface area contributed by atoms with Gasteiger partial charge in [0.25, 0.3) is 0 Å². The summed E-state index contributed by atoms with van der Waals surface area (Å²) in [5.74, 6) is 0. The Morgan fingerprint density at radius 1 is 1.52 bits per heavy atom. The van der Waals surface area contributed by atoms with Crippen molar-refractivity contribution in [2.75, 3.05) is 37.7 Å². The highest BCUT2D eigenvalue weighted by molar-refractivity contribution is 7.89. The zero-order valence-corrected chi connectivity index (χ0v) is 13.8. The number of nitrogens with one attached hydrogen (secondary N) is 1. The van der Waals surface area contributed by atoms with Gasteiger partial charge in [0.1, 0.15) is 4.90 Å². The summed E-state index contributed by atoms with van der Waals surface area (Å²) in [5, 5.41) is 18.7. The maximum atomic E-state index is 12.5. The van der Waals surface area contributed by atoms with Crippen LogP contribution in [0.2, 0.25) is 0 Å². The van der Waals surface area contributed by atoms with Gasteiger partial charge in [-0.3, -0.25) is 0 Å². The summed E-state index contributed by atoms with van der Waals surface area (Å²) >= 11 is 0. The van der Waals surface area contributed by atoms with Gasteiger partial charge in [0.2, 0.25) is 10.0 Å². The molecule has 1 atom stereocenters. The predicted octanol–water partition coefficient (Wildman–Crippen LogP) is 0.444. The summed E-state index contributed by atoms with van der Waals surface area (Å²) in [5.41, 5.74) is 0.833. The van der Waals surface area contributed by atoms with E-state index in [9.17, 15) is 13.5 Å². The maximum Gasteiger partial charge on any atom is 0.242 e. The van der Waals surface area contributed by atoms with Crippen LogP contribution < -0.4 is 9.62 Å². The van der Waals surface area contributed by atoms with Crippen molar-refractivity contribution in [1.82, 2.24) is 4.72 Å². The summed E-state index contributed by atoms with van der Waals surface area (Å²) < 4.78 is 32.7. The first kappa shape index (κ1) is 17.7. The fraction of sp³-hybridized carbons (Fsp3) is 0.533. The second-order valence-corrected chi connectivity index (χ2v) is 7.01. The molecule has 1 fully saturated rings. The van der Waals surface area contributed by atoms with E-state index in [1.807, 2.05) is 13.0 Å². The molecule has 2 rings (SSSR count). The van der Waals surface area contributed by atoms with Gasteiger partial charge in [-0.2, -0.15) is 5.26 Å². The minimum Gasteiger partial charge on any atom is -0.391 e. The van der Waals surface area contributed by atoms with Crippen LogP contribution in [-0.2, 0) is 14.8 Å². The van der Waals surface area contributed by atoms with Crippen molar-refractivity contribution < 1.29 is 18.3 Å². The van der Waals surface area contributed by atoms with Gasteiger partial charge in [-0.1, -0.05) is 0 Å². The minimum atomic E-state index is -3.71. The van der Waals surface area contributed by atoms with E-state index in [2.05, 4.69) is 4.72 Å². The Morgan fingerprint density at radius 2 is 2.30 bits per heavy atom. The molecule has 0 radical (unpaired) electrons. The summed E-state index contributed by atoms with van der Waals surface area (Å²) in [6, 6.07) is 6.48. The molecule has 126 valence electrons. The maximum absolute atomic E-state index is 12.5. The van der Waals surface area contributed by atoms with E-state index in [4.69, 9.17) is 10.00 Å². The summed E-state index contributed by atoms with van der Waals surface area (Å²) in [4.78, 5) is 1.91. The van der Waals surface area contributed by atoms with Crippen molar-refractivity contribution >= 4 is 15.7 Å². The van der Waals surface area contributed by atoms with Crippen LogP contribution >= 0.6 is 0 Å². The number of aliphatic hydroxyl groups excluding tert-OH is 1. The lowest BCUT2D eigenvalue weighted by atomic mass is 10.2. The zero-order valence-electron chi connectivity index (χ0n) is 13.0. The molecule has 0 aromatic heterocycles. The molecule has 1 aromatic carbocycles. The lowest BCUT2D eigenvalue weighted by Gasteiger charge is -2.22. The number of anilines is 1. The Balaban J connectivity index is 2.28. The van der Waals surface area contributed by atoms with Crippen molar-refractivity contribution in [3.05, 3.63) is 23.8 Å². The average Bonchev–Trinajstić information content (AvgIpc) is 2.97. The number of ether oxygens (including phenoxy) is 1. The molecule has 0 saturated carbocycles. The molecule has 1 aromatic rings. The lowest BCUT2D eigenvalue weighted by molar-refractivity contribution is 0.153. The van der Waals surface area contributed by atoms with Crippen molar-refractivity contribution in [3.63, 3.8) is 0 Å². The number of β-amino-alcohol motifs (C(OH)–C–C–N with tert-alkyl or cyclic N) is 1. The molecule has 1 heterocycles. The van der Waals surface area contributed by atoms with Crippen molar-refractivity contribution in [2.45, 2.75) is 24.3 Å². The number of hydrogen-bond acceptors (Lipinski definition) is 6. The van der Waals surface area contributed by atoms with E-state index in [-0.39, 0.29) is 11.4 Å². The number of nitrogens with zero attached hydrogens (tertiary/aromatic N) is 2. The molecule has 8 heteroatoms. The smallest absolute Gasteiger partial charge is 0.242 e. The number of sulfonamides is 1. The molecule has 7 nitrogen and oxygen atoms in total. The molecular weight excluding hydrogens is 318 g/mol. The van der Waals surface area contributed by atoms with Crippen LogP contribution in [-0.4, -0.2) is 52.5 Å². The van der Waals surface area contributed by atoms with Gasteiger partial charge in [-0.15, -0.1) is 0 Å². The van der Waals surface area contributed by atoms with Crippen LogP contribution in [0.4, 0.5) is 5.69 Å². The molecule has 1 saturated heterocycles. The SMILES string of the molecule is CCOCCNS(=O)(=O)c1ccc(C#N)cc1N1CC[C@H](O)C1. The molecule has 2 N–H and O–H groups in total. The highest BCUT2D eigenvalue weighted by Gasteiger charge is 2.27. The van der Waals surface area contributed by atoms with Crippen LogP contribution in [0.15, 0.2) is 23.1 Å². The third-order valence-electron chi connectivity index (χ3n) is 3.62. The van der Waals surface area contributed by atoms with E-state index >= 15 is 0 Å². The summed E-state index contributed by atoms with van der Waals surface area (Å²) in [6.07, 6.45) is 0.0934. The van der Waals surface area contributed by atoms with Crippen molar-refractivity contribution in [3.8, 4) is 6.07 Å². The van der Waals surface area contributed by atoms with Crippen LogP contribution in [0, 0.1) is 11.3 Å². The Bertz CT molecular complexity index is 684. The third-order valence-corrected chi connectivity index (χ3v) is 5.13. The quantitative estimate of drug-likeness (QED) is 0.699. The number of aliphatic hydroxyl groups is 1. The van der Waals surface area contributed by atoms with Gasteiger partial charge in [-0.25, -0.2) is 13.1 Å². The molecule has 0 bridgehead atoms. The predicted molar refractivity (Wildman–Crippen MR) is 85.7 cm³/mol. The highest BCUT2D eigenvalue weighted by Crippen LogP contribution is 2.29. The van der Waals surface area contributed by atoms with E-state index in [0.717, 1.165) is 0 Å². The Labute approximate surface area is 136 Å². The first-order valence-corrected chi connectivity index (χ1v) is 9.01. The monoisotopic (exact) mass is 339 g/mol. The van der Waals surface area contributed by atoms with Gasteiger partial charge in [0.15, 0.2) is 0 Å². The largest absolute Gasteiger partial charge is 0.391 e. The molecule has 23 heavy (non-hydrogen) atoms. The minimum absolute atomic E-state index is 0.113. The van der Waals surface area contributed by atoms with Crippen LogP contribution in [0.1, 0.15) is 18.9 Å². The second-order valence-electron chi connectivity index (χ2n) is 5.28.